The summed E-state index contributed by atoms with van der Waals surface area (Å²) in [5.41, 5.74) is -0.409. The predicted octanol–water partition coefficient (Wildman–Crippen LogP) is 2.75. The smallest absolute Gasteiger partial charge is 0.328 e. The number of nitrogens with zero attached hydrogens (tertiary/aromatic N) is 1. The standard InChI is InChI=1S/C16H22FNO4/c1-5-22-7-6-12-10-18(15(19)9-13(12)17)14(8-11(2)3)16(20)21-4/h6-7,9-11,14H,5,8H2,1-4H3/b7-6+. The van der Waals surface area contributed by atoms with Gasteiger partial charge in [-0.3, -0.25) is 4.79 Å². The first-order valence-corrected chi connectivity index (χ1v) is 7.18. The highest BCUT2D eigenvalue weighted by Gasteiger charge is 2.24. The monoisotopic (exact) mass is 311 g/mol. The summed E-state index contributed by atoms with van der Waals surface area (Å²) in [5.74, 6) is -1.02. The molecule has 0 saturated carbocycles. The van der Waals surface area contributed by atoms with Crippen LogP contribution in [-0.4, -0.2) is 24.3 Å². The van der Waals surface area contributed by atoms with E-state index in [-0.39, 0.29) is 11.5 Å². The molecule has 5 nitrogen and oxygen atoms in total. The van der Waals surface area contributed by atoms with E-state index in [9.17, 15) is 14.0 Å². The van der Waals surface area contributed by atoms with E-state index >= 15 is 0 Å². The fourth-order valence-electron chi connectivity index (χ4n) is 2.03. The third-order valence-electron chi connectivity index (χ3n) is 3.07. The van der Waals surface area contributed by atoms with Gasteiger partial charge in [0.05, 0.1) is 20.0 Å². The van der Waals surface area contributed by atoms with Gasteiger partial charge in [0.1, 0.15) is 11.9 Å². The van der Waals surface area contributed by atoms with Crippen LogP contribution in [0.4, 0.5) is 4.39 Å². The molecule has 1 rings (SSSR count). The number of halogens is 1. The van der Waals surface area contributed by atoms with E-state index in [2.05, 4.69) is 0 Å². The minimum atomic E-state index is -0.780. The molecule has 22 heavy (non-hydrogen) atoms. The molecule has 1 atom stereocenters. The molecular weight excluding hydrogens is 289 g/mol. The summed E-state index contributed by atoms with van der Waals surface area (Å²) in [6.45, 7) is 6.12. The lowest BCUT2D eigenvalue weighted by molar-refractivity contribution is -0.145. The van der Waals surface area contributed by atoms with Crippen LogP contribution in [-0.2, 0) is 14.3 Å². The van der Waals surface area contributed by atoms with Crippen molar-refractivity contribution in [2.75, 3.05) is 13.7 Å². The summed E-state index contributed by atoms with van der Waals surface area (Å²) in [5, 5.41) is 0. The lowest BCUT2D eigenvalue weighted by Crippen LogP contribution is -2.31. The molecule has 0 aromatic carbocycles. The zero-order chi connectivity index (χ0) is 16.7. The first-order valence-electron chi connectivity index (χ1n) is 7.18. The molecule has 0 N–H and O–H groups in total. The number of aromatic nitrogens is 1. The largest absolute Gasteiger partial charge is 0.501 e. The van der Waals surface area contributed by atoms with Crippen molar-refractivity contribution >= 4 is 12.0 Å². The van der Waals surface area contributed by atoms with E-state index in [1.807, 2.05) is 13.8 Å². The highest BCUT2D eigenvalue weighted by atomic mass is 19.1. The number of carbonyl (C=O) groups excluding carboxylic acids is 1. The van der Waals surface area contributed by atoms with Crippen LogP contribution in [0.3, 0.4) is 0 Å². The van der Waals surface area contributed by atoms with Gasteiger partial charge in [-0.1, -0.05) is 13.8 Å². The Bertz CT molecular complexity index is 592. The minimum Gasteiger partial charge on any atom is -0.501 e. The number of ether oxygens (including phenoxy) is 2. The van der Waals surface area contributed by atoms with E-state index in [1.165, 1.54) is 30.2 Å². The van der Waals surface area contributed by atoms with Crippen molar-refractivity contribution in [2.45, 2.75) is 33.2 Å². The maximum atomic E-state index is 13.8. The summed E-state index contributed by atoms with van der Waals surface area (Å²) in [7, 11) is 1.26. The Hall–Kier alpha value is -2.11. The molecular formula is C16H22FNO4. The van der Waals surface area contributed by atoms with E-state index in [4.69, 9.17) is 9.47 Å². The average molecular weight is 311 g/mol. The second-order valence-electron chi connectivity index (χ2n) is 5.25. The topological polar surface area (TPSA) is 57.5 Å². The van der Waals surface area contributed by atoms with Crippen molar-refractivity contribution in [3.05, 3.63) is 40.3 Å². The van der Waals surface area contributed by atoms with Gasteiger partial charge in [0.15, 0.2) is 0 Å². The molecule has 0 saturated heterocycles. The summed E-state index contributed by atoms with van der Waals surface area (Å²) < 4.78 is 24.8. The van der Waals surface area contributed by atoms with Crippen molar-refractivity contribution < 1.29 is 18.7 Å². The van der Waals surface area contributed by atoms with E-state index < -0.39 is 23.4 Å². The van der Waals surface area contributed by atoms with Crippen LogP contribution < -0.4 is 5.56 Å². The molecule has 0 aliphatic carbocycles. The highest BCUT2D eigenvalue weighted by molar-refractivity contribution is 5.74. The molecule has 0 radical (unpaired) electrons. The number of methoxy groups -OCH3 is 1. The number of carbonyl (C=O) groups is 1. The maximum Gasteiger partial charge on any atom is 0.328 e. The van der Waals surface area contributed by atoms with Crippen LogP contribution in [0.1, 0.15) is 38.8 Å². The fraction of sp³-hybridized carbons (Fsp3) is 0.500. The van der Waals surface area contributed by atoms with Crippen molar-refractivity contribution in [1.82, 2.24) is 4.57 Å². The van der Waals surface area contributed by atoms with Crippen LogP contribution in [0.5, 0.6) is 0 Å². The Morgan fingerprint density at radius 2 is 2.14 bits per heavy atom. The highest BCUT2D eigenvalue weighted by Crippen LogP contribution is 2.19. The normalized spacial score (nSPS) is 12.6. The maximum absolute atomic E-state index is 13.8. The molecule has 0 aliphatic heterocycles. The molecule has 0 amide bonds. The van der Waals surface area contributed by atoms with Crippen molar-refractivity contribution in [3.63, 3.8) is 0 Å². The van der Waals surface area contributed by atoms with Gasteiger partial charge in [-0.15, -0.1) is 0 Å². The van der Waals surface area contributed by atoms with E-state index in [0.717, 1.165) is 6.07 Å². The Morgan fingerprint density at radius 1 is 1.45 bits per heavy atom. The van der Waals surface area contributed by atoms with Crippen LogP contribution in [0.2, 0.25) is 0 Å². The molecule has 0 spiro atoms. The number of hydrogen-bond acceptors (Lipinski definition) is 4. The second-order valence-corrected chi connectivity index (χ2v) is 5.25. The van der Waals surface area contributed by atoms with Gasteiger partial charge in [-0.25, -0.2) is 9.18 Å². The Kier molecular flexibility index (Phi) is 6.82. The first kappa shape index (κ1) is 17.9. The predicted molar refractivity (Wildman–Crippen MR) is 81.8 cm³/mol. The van der Waals surface area contributed by atoms with Gasteiger partial charge in [0.2, 0.25) is 0 Å². The molecule has 0 fully saturated rings. The Morgan fingerprint density at radius 3 is 2.68 bits per heavy atom. The third-order valence-corrected chi connectivity index (χ3v) is 3.07. The van der Waals surface area contributed by atoms with E-state index in [1.54, 1.807) is 6.92 Å². The number of esters is 1. The zero-order valence-electron chi connectivity index (χ0n) is 13.3. The summed E-state index contributed by atoms with van der Waals surface area (Å²) in [6, 6.07) is 0.0827. The second kappa shape index (κ2) is 8.36. The van der Waals surface area contributed by atoms with E-state index in [0.29, 0.717) is 13.0 Å². The van der Waals surface area contributed by atoms with Crippen molar-refractivity contribution in [3.8, 4) is 0 Å². The Balaban J connectivity index is 3.27. The number of rotatable bonds is 7. The van der Waals surface area contributed by atoms with Gasteiger partial charge in [0, 0.05) is 17.8 Å². The van der Waals surface area contributed by atoms with Gasteiger partial charge in [0.25, 0.3) is 5.56 Å². The summed E-state index contributed by atoms with van der Waals surface area (Å²) >= 11 is 0. The average Bonchev–Trinajstić information content (AvgIpc) is 2.46. The first-order chi connectivity index (χ1) is 10.4. The minimum absolute atomic E-state index is 0.170. The summed E-state index contributed by atoms with van der Waals surface area (Å²) in [4.78, 5) is 24.0. The van der Waals surface area contributed by atoms with Crippen molar-refractivity contribution in [2.24, 2.45) is 5.92 Å². The SMILES string of the molecule is CCO/C=C/c1cn(C(CC(C)C)C(=O)OC)c(=O)cc1F. The van der Waals surface area contributed by atoms with Gasteiger partial charge >= 0.3 is 5.97 Å². The molecule has 1 unspecified atom stereocenters. The van der Waals surface area contributed by atoms with Crippen LogP contribution >= 0.6 is 0 Å². The van der Waals surface area contributed by atoms with Crippen molar-refractivity contribution in [1.29, 1.82) is 0 Å². The van der Waals surface area contributed by atoms with Crippen LogP contribution in [0.15, 0.2) is 23.3 Å². The van der Waals surface area contributed by atoms with Gasteiger partial charge in [-0.2, -0.15) is 0 Å². The number of hydrogen-bond donors (Lipinski definition) is 0. The zero-order valence-corrected chi connectivity index (χ0v) is 13.3. The lowest BCUT2D eigenvalue weighted by Gasteiger charge is -2.20. The van der Waals surface area contributed by atoms with Gasteiger partial charge < -0.3 is 14.0 Å². The number of pyridine rings is 1. The van der Waals surface area contributed by atoms with Crippen LogP contribution in [0.25, 0.3) is 6.08 Å². The van der Waals surface area contributed by atoms with Gasteiger partial charge in [-0.05, 0) is 25.3 Å². The molecule has 1 aromatic rings. The fourth-order valence-corrected chi connectivity index (χ4v) is 2.03. The molecule has 6 heteroatoms. The molecule has 0 bridgehead atoms. The molecule has 122 valence electrons. The van der Waals surface area contributed by atoms with Crippen LogP contribution in [0, 0.1) is 11.7 Å². The molecule has 1 aromatic heterocycles. The molecule has 0 aliphatic rings. The lowest BCUT2D eigenvalue weighted by atomic mass is 10.0. The quantitative estimate of drug-likeness (QED) is 0.574. The Labute approximate surface area is 129 Å². The molecule has 1 heterocycles. The third kappa shape index (κ3) is 4.72. The summed E-state index contributed by atoms with van der Waals surface area (Å²) in [6.07, 6.45) is 4.51.